The van der Waals surface area contributed by atoms with E-state index in [9.17, 15) is 4.79 Å². The minimum absolute atomic E-state index is 0.0396. The number of rotatable bonds is 3. The fourth-order valence-electron chi connectivity index (χ4n) is 4.60. The zero-order valence-corrected chi connectivity index (χ0v) is 15.0. The molecule has 0 radical (unpaired) electrons. The minimum atomic E-state index is -0.236. The average Bonchev–Trinajstić information content (AvgIpc) is 3.20. The Morgan fingerprint density at radius 1 is 1.36 bits per heavy atom. The lowest BCUT2D eigenvalue weighted by Crippen LogP contribution is -2.53. The Morgan fingerprint density at radius 3 is 2.96 bits per heavy atom. The molecule has 1 amide bonds. The van der Waals surface area contributed by atoms with Gasteiger partial charge >= 0.3 is 0 Å². The van der Waals surface area contributed by atoms with Gasteiger partial charge in [-0.1, -0.05) is 6.07 Å². The monoisotopic (exact) mass is 343 g/mol. The Bertz CT molecular complexity index is 802. The maximum Gasteiger partial charge on any atom is 0.256 e. The van der Waals surface area contributed by atoms with Crippen LogP contribution in [0.5, 0.6) is 0 Å². The number of hydrogen-bond donors (Lipinski definition) is 1. The topological polar surface area (TPSA) is 67.5 Å². The van der Waals surface area contributed by atoms with Crippen LogP contribution in [0.15, 0.2) is 18.2 Å². The SMILES string of the molecule is CO[C@@H]1CC[C@@]2(OC)CCN(C(=O)c3cccc4[nH]c(C)nc34)[C@H]2C1. The molecular formula is C19H25N3O3. The van der Waals surface area contributed by atoms with Crippen molar-refractivity contribution in [3.63, 3.8) is 0 Å². The van der Waals surface area contributed by atoms with Gasteiger partial charge in [0.05, 0.1) is 28.8 Å². The smallest absolute Gasteiger partial charge is 0.256 e. The summed E-state index contributed by atoms with van der Waals surface area (Å²) in [7, 11) is 3.52. The summed E-state index contributed by atoms with van der Waals surface area (Å²) in [5.74, 6) is 0.859. The van der Waals surface area contributed by atoms with Crippen LogP contribution in [-0.4, -0.2) is 59.3 Å². The second-order valence-electron chi connectivity index (χ2n) is 7.19. The lowest BCUT2D eigenvalue weighted by molar-refractivity contribution is -0.0893. The quantitative estimate of drug-likeness (QED) is 0.930. The molecule has 4 rings (SSSR count). The van der Waals surface area contributed by atoms with Crippen LogP contribution >= 0.6 is 0 Å². The van der Waals surface area contributed by atoms with E-state index in [4.69, 9.17) is 9.47 Å². The van der Waals surface area contributed by atoms with Crippen LogP contribution in [0.25, 0.3) is 11.0 Å². The van der Waals surface area contributed by atoms with Gasteiger partial charge in [-0.2, -0.15) is 0 Å². The molecule has 3 atom stereocenters. The second kappa shape index (κ2) is 6.11. The molecule has 2 heterocycles. The number of H-pyrrole nitrogens is 1. The molecule has 1 saturated heterocycles. The van der Waals surface area contributed by atoms with Gasteiger partial charge in [-0.05, 0) is 44.7 Å². The number of imidazole rings is 1. The van der Waals surface area contributed by atoms with Crippen LogP contribution in [0.1, 0.15) is 41.9 Å². The van der Waals surface area contributed by atoms with Crippen molar-refractivity contribution in [1.29, 1.82) is 0 Å². The number of carbonyl (C=O) groups is 1. The van der Waals surface area contributed by atoms with Gasteiger partial charge in [0.25, 0.3) is 5.91 Å². The maximum absolute atomic E-state index is 13.4. The van der Waals surface area contributed by atoms with Crippen molar-refractivity contribution in [2.24, 2.45) is 0 Å². The highest BCUT2D eigenvalue weighted by atomic mass is 16.5. The number of fused-ring (bicyclic) bond motifs is 2. The summed E-state index contributed by atoms with van der Waals surface area (Å²) in [5, 5.41) is 0. The highest BCUT2D eigenvalue weighted by Gasteiger charge is 2.52. The first-order valence-electron chi connectivity index (χ1n) is 8.92. The summed E-state index contributed by atoms with van der Waals surface area (Å²) in [4.78, 5) is 23.1. The molecule has 2 fully saturated rings. The van der Waals surface area contributed by atoms with Crippen molar-refractivity contribution in [1.82, 2.24) is 14.9 Å². The van der Waals surface area contributed by atoms with Gasteiger partial charge in [0.2, 0.25) is 0 Å². The van der Waals surface area contributed by atoms with Gasteiger partial charge in [0.1, 0.15) is 11.3 Å². The van der Waals surface area contributed by atoms with Crippen molar-refractivity contribution < 1.29 is 14.3 Å². The highest BCUT2D eigenvalue weighted by molar-refractivity contribution is 6.05. The molecule has 0 unspecified atom stereocenters. The lowest BCUT2D eigenvalue weighted by Gasteiger charge is -2.43. The average molecular weight is 343 g/mol. The van der Waals surface area contributed by atoms with Gasteiger partial charge in [-0.3, -0.25) is 4.79 Å². The number of ether oxygens (including phenoxy) is 2. The van der Waals surface area contributed by atoms with Gasteiger partial charge in [-0.15, -0.1) is 0 Å². The van der Waals surface area contributed by atoms with E-state index in [0.717, 1.165) is 42.5 Å². The lowest BCUT2D eigenvalue weighted by atomic mass is 9.79. The number of aromatic nitrogens is 2. The number of carbonyl (C=O) groups excluding carboxylic acids is 1. The molecule has 1 N–H and O–H groups in total. The summed E-state index contributed by atoms with van der Waals surface area (Å²) in [6.45, 7) is 2.62. The summed E-state index contributed by atoms with van der Waals surface area (Å²) in [6.07, 6.45) is 3.81. The molecule has 25 heavy (non-hydrogen) atoms. The summed E-state index contributed by atoms with van der Waals surface area (Å²) in [5.41, 5.74) is 2.08. The van der Waals surface area contributed by atoms with Crippen LogP contribution in [0.4, 0.5) is 0 Å². The Hall–Kier alpha value is -1.92. The van der Waals surface area contributed by atoms with Crippen molar-refractivity contribution in [2.75, 3.05) is 20.8 Å². The van der Waals surface area contributed by atoms with E-state index in [1.165, 1.54) is 0 Å². The van der Waals surface area contributed by atoms with E-state index < -0.39 is 0 Å². The molecule has 6 nitrogen and oxygen atoms in total. The number of benzene rings is 1. The maximum atomic E-state index is 13.4. The van der Waals surface area contributed by atoms with Crippen LogP contribution in [0.2, 0.25) is 0 Å². The number of amides is 1. The highest BCUT2D eigenvalue weighted by Crippen LogP contribution is 2.43. The molecule has 134 valence electrons. The predicted molar refractivity (Wildman–Crippen MR) is 94.7 cm³/mol. The van der Waals surface area contributed by atoms with Crippen LogP contribution in [-0.2, 0) is 9.47 Å². The predicted octanol–water partition coefficient (Wildman–Crippen LogP) is 2.67. The molecule has 2 aromatic rings. The second-order valence-corrected chi connectivity index (χ2v) is 7.19. The number of hydrogen-bond acceptors (Lipinski definition) is 4. The first kappa shape index (κ1) is 16.5. The van der Waals surface area contributed by atoms with E-state index in [1.54, 1.807) is 14.2 Å². The Kier molecular flexibility index (Phi) is 4.04. The van der Waals surface area contributed by atoms with Gasteiger partial charge < -0.3 is 19.4 Å². The third-order valence-corrected chi connectivity index (χ3v) is 6.00. The number of nitrogens with one attached hydrogen (secondary N) is 1. The molecule has 1 saturated carbocycles. The molecule has 1 aromatic carbocycles. The number of methoxy groups -OCH3 is 2. The molecule has 1 aliphatic carbocycles. The standard InChI is InChI=1S/C19H25N3O3/c1-12-20-15-6-4-5-14(17(15)21-12)18(23)22-10-9-19(25-3)8-7-13(24-2)11-16(19)22/h4-6,13,16H,7-11H2,1-3H3,(H,20,21)/t13-,16+,19-/m1/s1. The normalized spacial score (nSPS) is 29.2. The van der Waals surface area contributed by atoms with E-state index in [0.29, 0.717) is 12.1 Å². The fourth-order valence-corrected chi connectivity index (χ4v) is 4.60. The van der Waals surface area contributed by atoms with Gasteiger partial charge in [0, 0.05) is 20.8 Å². The van der Waals surface area contributed by atoms with Gasteiger partial charge in [0.15, 0.2) is 0 Å². The minimum Gasteiger partial charge on any atom is -0.381 e. The zero-order chi connectivity index (χ0) is 17.6. The Balaban J connectivity index is 1.69. The molecule has 1 aromatic heterocycles. The van der Waals surface area contributed by atoms with Crippen molar-refractivity contribution in [3.8, 4) is 0 Å². The van der Waals surface area contributed by atoms with E-state index in [-0.39, 0.29) is 23.7 Å². The largest absolute Gasteiger partial charge is 0.381 e. The summed E-state index contributed by atoms with van der Waals surface area (Å²) < 4.78 is 11.5. The molecule has 0 bridgehead atoms. The van der Waals surface area contributed by atoms with E-state index >= 15 is 0 Å². The molecule has 6 heteroatoms. The molecule has 2 aliphatic rings. The molecule has 1 aliphatic heterocycles. The third kappa shape index (κ3) is 2.55. The van der Waals surface area contributed by atoms with Crippen molar-refractivity contribution >= 4 is 16.9 Å². The first-order valence-corrected chi connectivity index (χ1v) is 8.92. The number of para-hydroxylation sites is 1. The molecule has 0 spiro atoms. The van der Waals surface area contributed by atoms with E-state index in [1.807, 2.05) is 30.0 Å². The Morgan fingerprint density at radius 2 is 2.20 bits per heavy atom. The van der Waals surface area contributed by atoms with Crippen LogP contribution < -0.4 is 0 Å². The van der Waals surface area contributed by atoms with E-state index in [2.05, 4.69) is 9.97 Å². The number of likely N-dealkylation sites (tertiary alicyclic amines) is 1. The first-order chi connectivity index (χ1) is 12.1. The van der Waals surface area contributed by atoms with Crippen LogP contribution in [0.3, 0.4) is 0 Å². The van der Waals surface area contributed by atoms with Gasteiger partial charge in [-0.25, -0.2) is 4.98 Å². The fraction of sp³-hybridized carbons (Fsp3) is 0.579. The third-order valence-electron chi connectivity index (χ3n) is 6.00. The number of aromatic amines is 1. The Labute approximate surface area is 147 Å². The van der Waals surface area contributed by atoms with Crippen LogP contribution in [0, 0.1) is 6.92 Å². The molecular weight excluding hydrogens is 318 g/mol. The number of aryl methyl sites for hydroxylation is 1. The van der Waals surface area contributed by atoms with Crippen molar-refractivity contribution in [3.05, 3.63) is 29.6 Å². The summed E-state index contributed by atoms with van der Waals surface area (Å²) >= 11 is 0. The zero-order valence-electron chi connectivity index (χ0n) is 15.0. The summed E-state index contributed by atoms with van der Waals surface area (Å²) in [6, 6.07) is 5.79. The number of nitrogens with zero attached hydrogens (tertiary/aromatic N) is 2. The van der Waals surface area contributed by atoms with Crippen molar-refractivity contribution in [2.45, 2.75) is 50.4 Å².